The van der Waals surface area contributed by atoms with Gasteiger partial charge >= 0.3 is 6.09 Å². The third-order valence-electron chi connectivity index (χ3n) is 5.05. The summed E-state index contributed by atoms with van der Waals surface area (Å²) in [6, 6.07) is 7.58. The molecule has 166 valence electrons. The molecule has 32 heavy (non-hydrogen) atoms. The minimum absolute atomic E-state index is 0.206. The van der Waals surface area contributed by atoms with Gasteiger partial charge in [0.1, 0.15) is 17.2 Å². The van der Waals surface area contributed by atoms with Crippen molar-refractivity contribution < 1.29 is 19.0 Å². The number of hydrogen-bond donors (Lipinski definition) is 0. The molecule has 3 aromatic rings. The van der Waals surface area contributed by atoms with Gasteiger partial charge in [-0.3, -0.25) is 9.47 Å². The van der Waals surface area contributed by atoms with Crippen molar-refractivity contribution in [2.24, 2.45) is 0 Å². The van der Waals surface area contributed by atoms with E-state index in [2.05, 4.69) is 9.97 Å². The molecule has 0 saturated heterocycles. The normalized spacial score (nSPS) is 14.6. The van der Waals surface area contributed by atoms with Gasteiger partial charge in [-0.2, -0.15) is 0 Å². The molecule has 10 heteroatoms. The van der Waals surface area contributed by atoms with E-state index in [1.165, 1.54) is 11.8 Å². The molecule has 5 rings (SSSR count). The molecule has 0 radical (unpaired) electrons. The lowest BCUT2D eigenvalue weighted by atomic mass is 10.2. The van der Waals surface area contributed by atoms with Gasteiger partial charge < -0.3 is 14.2 Å². The Morgan fingerprint density at radius 2 is 1.94 bits per heavy atom. The SMILES string of the molecule is CSc1nccc(-n2c(-c3ccc4c(c3)OCO4)nc3c2CN(C(=O)OC(C)(C)C)C3)n1. The zero-order valence-corrected chi connectivity index (χ0v) is 19.1. The Morgan fingerprint density at radius 1 is 1.12 bits per heavy atom. The van der Waals surface area contributed by atoms with Crippen molar-refractivity contribution in [1.29, 1.82) is 0 Å². The molecule has 0 atom stereocenters. The molecule has 1 amide bonds. The summed E-state index contributed by atoms with van der Waals surface area (Å²) in [5, 5.41) is 0.656. The first-order chi connectivity index (χ1) is 15.3. The number of fused-ring (bicyclic) bond motifs is 2. The lowest BCUT2D eigenvalue weighted by Crippen LogP contribution is -2.33. The molecular weight excluding hydrogens is 430 g/mol. The van der Waals surface area contributed by atoms with E-state index in [1.807, 2.05) is 55.9 Å². The van der Waals surface area contributed by atoms with E-state index in [-0.39, 0.29) is 12.9 Å². The minimum Gasteiger partial charge on any atom is -0.454 e. The Kier molecular flexibility index (Phi) is 4.96. The molecule has 2 aromatic heterocycles. The fourth-order valence-electron chi connectivity index (χ4n) is 3.69. The van der Waals surface area contributed by atoms with Crippen molar-refractivity contribution in [3.8, 4) is 28.7 Å². The number of rotatable bonds is 3. The molecule has 0 unspecified atom stereocenters. The topological polar surface area (TPSA) is 91.6 Å². The van der Waals surface area contributed by atoms with E-state index >= 15 is 0 Å². The molecule has 9 nitrogen and oxygen atoms in total. The number of benzene rings is 1. The quantitative estimate of drug-likeness (QED) is 0.434. The summed E-state index contributed by atoms with van der Waals surface area (Å²) in [5.41, 5.74) is 2.02. The summed E-state index contributed by atoms with van der Waals surface area (Å²) < 4.78 is 18.5. The van der Waals surface area contributed by atoms with Crippen LogP contribution in [0.5, 0.6) is 11.5 Å². The van der Waals surface area contributed by atoms with Crippen LogP contribution in [0.4, 0.5) is 4.79 Å². The molecule has 0 bridgehead atoms. The zero-order chi connectivity index (χ0) is 22.5. The van der Waals surface area contributed by atoms with E-state index < -0.39 is 5.60 Å². The maximum Gasteiger partial charge on any atom is 0.410 e. The van der Waals surface area contributed by atoms with Gasteiger partial charge in [0, 0.05) is 11.8 Å². The van der Waals surface area contributed by atoms with Crippen LogP contribution >= 0.6 is 11.8 Å². The second-order valence-corrected chi connectivity index (χ2v) is 9.24. The smallest absolute Gasteiger partial charge is 0.410 e. The molecule has 2 aliphatic rings. The van der Waals surface area contributed by atoms with Gasteiger partial charge in [0.25, 0.3) is 0 Å². The third-order valence-corrected chi connectivity index (χ3v) is 5.61. The van der Waals surface area contributed by atoms with Crippen molar-refractivity contribution in [2.45, 2.75) is 44.6 Å². The number of aromatic nitrogens is 4. The lowest BCUT2D eigenvalue weighted by Gasteiger charge is -2.24. The average Bonchev–Trinajstić information content (AvgIpc) is 3.45. The van der Waals surface area contributed by atoms with Crippen LogP contribution in [0.15, 0.2) is 35.6 Å². The summed E-state index contributed by atoms with van der Waals surface area (Å²) >= 11 is 1.47. The van der Waals surface area contributed by atoms with Gasteiger partial charge in [0.15, 0.2) is 16.7 Å². The minimum atomic E-state index is -0.565. The molecule has 4 heterocycles. The van der Waals surface area contributed by atoms with Crippen molar-refractivity contribution in [3.05, 3.63) is 41.9 Å². The van der Waals surface area contributed by atoms with E-state index in [0.29, 0.717) is 35.6 Å². The summed E-state index contributed by atoms with van der Waals surface area (Å²) in [5.74, 6) is 2.81. The second-order valence-electron chi connectivity index (χ2n) is 8.47. The van der Waals surface area contributed by atoms with Crippen LogP contribution in [0.3, 0.4) is 0 Å². The van der Waals surface area contributed by atoms with E-state index in [9.17, 15) is 4.79 Å². The van der Waals surface area contributed by atoms with Crippen LogP contribution in [-0.2, 0) is 17.8 Å². The van der Waals surface area contributed by atoms with Gasteiger partial charge in [0.2, 0.25) is 6.79 Å². The number of nitrogens with zero attached hydrogens (tertiary/aromatic N) is 5. The predicted molar refractivity (Wildman–Crippen MR) is 118 cm³/mol. The Labute approximate surface area is 189 Å². The maximum absolute atomic E-state index is 12.7. The summed E-state index contributed by atoms with van der Waals surface area (Å²) in [4.78, 5) is 28.2. The maximum atomic E-state index is 12.7. The predicted octanol–water partition coefficient (Wildman–Crippen LogP) is 4.03. The molecule has 2 aliphatic heterocycles. The first kappa shape index (κ1) is 20.6. The number of ether oxygens (including phenoxy) is 3. The van der Waals surface area contributed by atoms with E-state index in [0.717, 1.165) is 22.8 Å². The van der Waals surface area contributed by atoms with Crippen LogP contribution in [0, 0.1) is 0 Å². The fraction of sp³-hybridized carbons (Fsp3) is 0.364. The molecule has 0 N–H and O–H groups in total. The molecule has 0 aliphatic carbocycles. The van der Waals surface area contributed by atoms with Gasteiger partial charge in [-0.25, -0.2) is 19.7 Å². The Morgan fingerprint density at radius 3 is 2.72 bits per heavy atom. The Bertz CT molecular complexity index is 1200. The van der Waals surface area contributed by atoms with Crippen LogP contribution in [-0.4, -0.2) is 49.2 Å². The average molecular weight is 454 g/mol. The number of amides is 1. The van der Waals surface area contributed by atoms with Crippen molar-refractivity contribution in [2.75, 3.05) is 13.0 Å². The highest BCUT2D eigenvalue weighted by Crippen LogP contribution is 2.38. The van der Waals surface area contributed by atoms with Gasteiger partial charge in [0.05, 0.1) is 24.5 Å². The van der Waals surface area contributed by atoms with Crippen molar-refractivity contribution in [3.63, 3.8) is 0 Å². The number of thioether (sulfide) groups is 1. The van der Waals surface area contributed by atoms with Crippen molar-refractivity contribution in [1.82, 2.24) is 24.4 Å². The first-order valence-corrected chi connectivity index (χ1v) is 11.4. The third kappa shape index (κ3) is 3.75. The molecule has 0 saturated carbocycles. The lowest BCUT2D eigenvalue weighted by molar-refractivity contribution is 0.0238. The standard InChI is InChI=1S/C22H23N5O4S/c1-22(2,3)31-21(28)26-10-14-15(11-26)27(18-7-8-23-20(25-18)32-4)19(24-14)13-5-6-16-17(9-13)30-12-29-16/h5-9H,10-12H2,1-4H3. The van der Waals surface area contributed by atoms with Gasteiger partial charge in [-0.15, -0.1) is 0 Å². The number of hydrogen-bond acceptors (Lipinski definition) is 8. The monoisotopic (exact) mass is 453 g/mol. The number of carbonyl (C=O) groups excluding carboxylic acids is 1. The Balaban J connectivity index is 1.58. The fourth-order valence-corrected chi connectivity index (χ4v) is 4.04. The summed E-state index contributed by atoms with van der Waals surface area (Å²) in [6.45, 7) is 6.52. The summed E-state index contributed by atoms with van der Waals surface area (Å²) in [6.07, 6.45) is 3.30. The largest absolute Gasteiger partial charge is 0.454 e. The number of carbonyl (C=O) groups is 1. The molecule has 1 aromatic carbocycles. The highest BCUT2D eigenvalue weighted by molar-refractivity contribution is 7.98. The number of imidazole rings is 1. The first-order valence-electron chi connectivity index (χ1n) is 10.2. The van der Waals surface area contributed by atoms with Crippen molar-refractivity contribution >= 4 is 17.9 Å². The van der Waals surface area contributed by atoms with Crippen LogP contribution in [0.1, 0.15) is 32.2 Å². The molecule has 0 fully saturated rings. The van der Waals surface area contributed by atoms with Crippen LogP contribution in [0.25, 0.3) is 17.2 Å². The second kappa shape index (κ2) is 7.70. The van der Waals surface area contributed by atoms with Gasteiger partial charge in [-0.1, -0.05) is 11.8 Å². The highest BCUT2D eigenvalue weighted by atomic mass is 32.2. The van der Waals surface area contributed by atoms with E-state index in [4.69, 9.17) is 19.2 Å². The molecule has 0 spiro atoms. The zero-order valence-electron chi connectivity index (χ0n) is 18.3. The molecular formula is C22H23N5O4S. The summed E-state index contributed by atoms with van der Waals surface area (Å²) in [7, 11) is 0. The van der Waals surface area contributed by atoms with E-state index in [1.54, 1.807) is 11.1 Å². The Hall–Kier alpha value is -3.27. The highest BCUT2D eigenvalue weighted by Gasteiger charge is 2.34. The van der Waals surface area contributed by atoms with Crippen LogP contribution < -0.4 is 9.47 Å². The van der Waals surface area contributed by atoms with Crippen LogP contribution in [0.2, 0.25) is 0 Å². The van der Waals surface area contributed by atoms with Gasteiger partial charge in [-0.05, 0) is 51.3 Å².